The van der Waals surface area contributed by atoms with Crippen LogP contribution >= 0.6 is 0 Å². The van der Waals surface area contributed by atoms with E-state index in [9.17, 15) is 22.8 Å². The molecule has 32 heavy (non-hydrogen) atoms. The maximum atomic E-state index is 13.0. The fraction of sp³-hybridized carbons (Fsp3) is 0.227. The highest BCUT2D eigenvalue weighted by Gasteiger charge is 2.30. The van der Waals surface area contributed by atoms with Gasteiger partial charge in [-0.05, 0) is 49.4 Å². The number of carbonyl (C=O) groups excluding carboxylic acids is 1. The number of aryl methyl sites for hydroxylation is 1. The molecule has 1 heterocycles. The lowest BCUT2D eigenvalue weighted by Gasteiger charge is -2.16. The van der Waals surface area contributed by atoms with Crippen LogP contribution in [0.2, 0.25) is 0 Å². The molecule has 0 fully saturated rings. The van der Waals surface area contributed by atoms with Crippen LogP contribution in [0.25, 0.3) is 0 Å². The molecule has 1 N–H and O–H groups in total. The predicted octanol–water partition coefficient (Wildman–Crippen LogP) is 4.43. The van der Waals surface area contributed by atoms with Gasteiger partial charge in [-0.1, -0.05) is 6.07 Å². The Bertz CT molecular complexity index is 1170. The van der Waals surface area contributed by atoms with Crippen LogP contribution in [-0.2, 0) is 13.2 Å². The quantitative estimate of drug-likeness (QED) is 0.606. The highest BCUT2D eigenvalue weighted by Crippen LogP contribution is 2.34. The molecule has 0 saturated carbocycles. The minimum Gasteiger partial charge on any atom is -0.453 e. The second-order valence-electron chi connectivity index (χ2n) is 6.96. The normalized spacial score (nSPS) is 11.2. The van der Waals surface area contributed by atoms with Crippen molar-refractivity contribution in [2.45, 2.75) is 13.1 Å². The summed E-state index contributed by atoms with van der Waals surface area (Å²) in [6, 6.07) is 10.8. The van der Waals surface area contributed by atoms with E-state index in [1.807, 2.05) is 6.92 Å². The van der Waals surface area contributed by atoms with Crippen LogP contribution in [0.1, 0.15) is 22.8 Å². The van der Waals surface area contributed by atoms with Gasteiger partial charge < -0.3 is 15.0 Å². The molecule has 10 heteroatoms. The zero-order valence-corrected chi connectivity index (χ0v) is 17.6. The fourth-order valence-electron chi connectivity index (χ4n) is 2.78. The van der Waals surface area contributed by atoms with Crippen LogP contribution in [0.4, 0.5) is 24.5 Å². The van der Waals surface area contributed by atoms with Crippen LogP contribution in [0, 0.1) is 0 Å². The van der Waals surface area contributed by atoms with Crippen molar-refractivity contribution in [3.63, 3.8) is 0 Å². The molecule has 3 rings (SSSR count). The summed E-state index contributed by atoms with van der Waals surface area (Å²) in [6.07, 6.45) is -3.30. The number of halogens is 3. The largest absolute Gasteiger partial charge is 0.453 e. The van der Waals surface area contributed by atoms with Crippen LogP contribution < -0.4 is 15.6 Å². The zero-order valence-electron chi connectivity index (χ0n) is 17.6. The molecule has 0 unspecified atom stereocenters. The Morgan fingerprint density at radius 1 is 1.19 bits per heavy atom. The summed E-state index contributed by atoms with van der Waals surface area (Å²) in [5.41, 5.74) is -0.468. The van der Waals surface area contributed by atoms with E-state index < -0.39 is 17.3 Å². The molecule has 0 aliphatic carbocycles. The standard InChI is InChI=1S/C22H21F3N4O3/c1-4-28(2)20(30)14-8-10-16(11-9-14)27-19-18(13-26-29(3)21(19)31)32-17-7-5-6-15(12-17)22(23,24)25/h5-13,27H,4H2,1-3H3. The lowest BCUT2D eigenvalue weighted by molar-refractivity contribution is -0.137. The number of aromatic nitrogens is 2. The van der Waals surface area contributed by atoms with Crippen molar-refractivity contribution in [3.05, 3.63) is 76.2 Å². The lowest BCUT2D eigenvalue weighted by Crippen LogP contribution is -2.26. The Hall–Kier alpha value is -3.82. The first-order valence-corrected chi connectivity index (χ1v) is 9.64. The van der Waals surface area contributed by atoms with Gasteiger partial charge in [0.15, 0.2) is 11.4 Å². The van der Waals surface area contributed by atoms with E-state index in [1.165, 1.54) is 25.4 Å². The van der Waals surface area contributed by atoms with Gasteiger partial charge >= 0.3 is 6.18 Å². The molecule has 0 spiro atoms. The molecule has 168 valence electrons. The van der Waals surface area contributed by atoms with Gasteiger partial charge in [-0.25, -0.2) is 4.68 Å². The first-order chi connectivity index (χ1) is 15.1. The van der Waals surface area contributed by atoms with Gasteiger partial charge in [0.1, 0.15) is 5.75 Å². The fourth-order valence-corrected chi connectivity index (χ4v) is 2.78. The number of hydrogen-bond acceptors (Lipinski definition) is 5. The van der Waals surface area contributed by atoms with Crippen molar-refractivity contribution in [1.82, 2.24) is 14.7 Å². The number of anilines is 2. The van der Waals surface area contributed by atoms with Gasteiger partial charge in [0.05, 0.1) is 11.8 Å². The Kier molecular flexibility index (Phi) is 6.52. The molecule has 0 aliphatic heterocycles. The van der Waals surface area contributed by atoms with Gasteiger partial charge in [0.2, 0.25) is 0 Å². The molecule has 3 aromatic rings. The molecule has 0 saturated heterocycles. The van der Waals surface area contributed by atoms with Crippen LogP contribution in [0.3, 0.4) is 0 Å². The molecule has 2 aromatic carbocycles. The van der Waals surface area contributed by atoms with Crippen molar-refractivity contribution in [2.75, 3.05) is 18.9 Å². The van der Waals surface area contributed by atoms with E-state index in [1.54, 1.807) is 36.2 Å². The molecule has 0 atom stereocenters. The van der Waals surface area contributed by atoms with Crippen LogP contribution in [0.5, 0.6) is 11.5 Å². The summed E-state index contributed by atoms with van der Waals surface area (Å²) in [7, 11) is 3.12. The SMILES string of the molecule is CCN(C)C(=O)c1ccc(Nc2c(Oc3cccc(C(F)(F)F)c3)cnn(C)c2=O)cc1. The summed E-state index contributed by atoms with van der Waals surface area (Å²) >= 11 is 0. The number of benzene rings is 2. The van der Waals surface area contributed by atoms with Gasteiger partial charge in [0.25, 0.3) is 11.5 Å². The number of nitrogens with one attached hydrogen (secondary N) is 1. The molecule has 0 aliphatic rings. The molecular formula is C22H21F3N4O3. The number of carbonyl (C=O) groups is 1. The van der Waals surface area contributed by atoms with Gasteiger partial charge in [-0.15, -0.1) is 0 Å². The average molecular weight is 446 g/mol. The second-order valence-corrected chi connectivity index (χ2v) is 6.96. The number of rotatable bonds is 6. The maximum absolute atomic E-state index is 13.0. The Morgan fingerprint density at radius 3 is 2.50 bits per heavy atom. The number of hydrogen-bond donors (Lipinski definition) is 1. The Labute approximate surface area is 182 Å². The van der Waals surface area contributed by atoms with Crippen molar-refractivity contribution in [2.24, 2.45) is 7.05 Å². The number of ether oxygens (including phenoxy) is 1. The number of amides is 1. The predicted molar refractivity (Wildman–Crippen MR) is 113 cm³/mol. The number of nitrogens with zero attached hydrogens (tertiary/aromatic N) is 3. The zero-order chi connectivity index (χ0) is 23.5. The summed E-state index contributed by atoms with van der Waals surface area (Å²) in [6.45, 7) is 2.42. The lowest BCUT2D eigenvalue weighted by atomic mass is 10.2. The average Bonchev–Trinajstić information content (AvgIpc) is 2.77. The summed E-state index contributed by atoms with van der Waals surface area (Å²) in [5.74, 6) is -0.285. The summed E-state index contributed by atoms with van der Waals surface area (Å²) < 4.78 is 45.6. The van der Waals surface area contributed by atoms with Crippen molar-refractivity contribution >= 4 is 17.3 Å². The Balaban J connectivity index is 1.90. The van der Waals surface area contributed by atoms with Crippen molar-refractivity contribution < 1.29 is 22.7 Å². The topological polar surface area (TPSA) is 76.5 Å². The first-order valence-electron chi connectivity index (χ1n) is 9.64. The Morgan fingerprint density at radius 2 is 1.88 bits per heavy atom. The van der Waals surface area contributed by atoms with Crippen molar-refractivity contribution in [3.8, 4) is 11.5 Å². The highest BCUT2D eigenvalue weighted by atomic mass is 19.4. The molecule has 1 aromatic heterocycles. The van der Waals surface area contributed by atoms with E-state index in [-0.39, 0.29) is 23.1 Å². The third-order valence-corrected chi connectivity index (χ3v) is 4.71. The second kappa shape index (κ2) is 9.13. The maximum Gasteiger partial charge on any atom is 0.416 e. The molecule has 0 radical (unpaired) electrons. The van der Waals surface area contributed by atoms with E-state index in [2.05, 4.69) is 10.4 Å². The van der Waals surface area contributed by atoms with Gasteiger partial charge in [-0.3, -0.25) is 9.59 Å². The van der Waals surface area contributed by atoms with Crippen LogP contribution in [-0.4, -0.2) is 34.2 Å². The van der Waals surface area contributed by atoms with E-state index in [0.717, 1.165) is 16.8 Å². The van der Waals surface area contributed by atoms with Gasteiger partial charge in [0, 0.05) is 31.9 Å². The van der Waals surface area contributed by atoms with E-state index in [0.29, 0.717) is 17.8 Å². The van der Waals surface area contributed by atoms with Crippen molar-refractivity contribution in [1.29, 1.82) is 0 Å². The van der Waals surface area contributed by atoms with E-state index >= 15 is 0 Å². The minimum atomic E-state index is -4.53. The third kappa shape index (κ3) is 5.08. The third-order valence-electron chi connectivity index (χ3n) is 4.71. The van der Waals surface area contributed by atoms with E-state index in [4.69, 9.17) is 4.74 Å². The minimum absolute atomic E-state index is 0.00957. The molecule has 1 amide bonds. The molecular weight excluding hydrogens is 425 g/mol. The summed E-state index contributed by atoms with van der Waals surface area (Å²) in [4.78, 5) is 26.4. The highest BCUT2D eigenvalue weighted by molar-refractivity contribution is 5.94. The van der Waals surface area contributed by atoms with Gasteiger partial charge in [-0.2, -0.15) is 18.3 Å². The molecule has 7 nitrogen and oxygen atoms in total. The monoisotopic (exact) mass is 446 g/mol. The number of alkyl halides is 3. The molecule has 0 bridgehead atoms. The summed E-state index contributed by atoms with van der Waals surface area (Å²) in [5, 5.41) is 6.79. The smallest absolute Gasteiger partial charge is 0.416 e. The first kappa shape index (κ1) is 22.9. The van der Waals surface area contributed by atoms with Crippen LogP contribution in [0.15, 0.2) is 59.5 Å².